The Morgan fingerprint density at radius 3 is 2.00 bits per heavy atom. The number of carbonyl (C=O) groups is 2. The van der Waals surface area contributed by atoms with Gasteiger partial charge >= 0.3 is 11.9 Å². The minimum absolute atomic E-state index is 0.161. The molecule has 0 saturated carbocycles. The standard InChI is InChI=1S/C10H18O2.C4H8O2/c1-3-5-6-7-8-9(4-2)10(11)12;1-2-3-4(5)6/h5-6,9H,3-4,7-8H2,1-2H3,(H,11,12);2-3H2,1H3,(H,5,6)/b6-5-;. The third-order valence-corrected chi connectivity index (χ3v) is 2.39. The lowest BCUT2D eigenvalue weighted by molar-refractivity contribution is -0.142. The number of rotatable bonds is 8. The molecule has 0 aliphatic heterocycles. The van der Waals surface area contributed by atoms with Crippen molar-refractivity contribution in [3.05, 3.63) is 12.2 Å². The molecule has 0 aromatic carbocycles. The van der Waals surface area contributed by atoms with E-state index in [2.05, 4.69) is 19.1 Å². The highest BCUT2D eigenvalue weighted by molar-refractivity contribution is 5.69. The Morgan fingerprint density at radius 2 is 1.72 bits per heavy atom. The van der Waals surface area contributed by atoms with Crippen LogP contribution in [0.1, 0.15) is 59.3 Å². The van der Waals surface area contributed by atoms with Gasteiger partial charge in [0, 0.05) is 6.42 Å². The monoisotopic (exact) mass is 258 g/mol. The van der Waals surface area contributed by atoms with Crippen LogP contribution < -0.4 is 0 Å². The van der Waals surface area contributed by atoms with E-state index >= 15 is 0 Å². The van der Waals surface area contributed by atoms with E-state index < -0.39 is 11.9 Å². The number of carboxylic acid groups (broad SMARTS) is 2. The first-order chi connectivity index (χ1) is 8.49. The molecule has 0 radical (unpaired) electrons. The molecule has 1 unspecified atom stereocenters. The number of aliphatic carboxylic acids is 2. The van der Waals surface area contributed by atoms with Gasteiger partial charge in [0.1, 0.15) is 0 Å². The number of allylic oxidation sites excluding steroid dienone is 2. The molecule has 4 nitrogen and oxygen atoms in total. The van der Waals surface area contributed by atoms with Crippen LogP contribution in [0.15, 0.2) is 12.2 Å². The van der Waals surface area contributed by atoms with Crippen molar-refractivity contribution >= 4 is 11.9 Å². The lowest BCUT2D eigenvalue weighted by Gasteiger charge is -2.06. The van der Waals surface area contributed by atoms with E-state index in [1.807, 2.05) is 13.8 Å². The van der Waals surface area contributed by atoms with Crippen LogP contribution in [0.3, 0.4) is 0 Å². The summed E-state index contributed by atoms with van der Waals surface area (Å²) >= 11 is 0. The van der Waals surface area contributed by atoms with E-state index in [0.717, 1.165) is 32.1 Å². The fraction of sp³-hybridized carbons (Fsp3) is 0.714. The Labute approximate surface area is 110 Å². The van der Waals surface area contributed by atoms with Crippen molar-refractivity contribution in [2.24, 2.45) is 5.92 Å². The van der Waals surface area contributed by atoms with Gasteiger partial charge in [-0.05, 0) is 32.1 Å². The largest absolute Gasteiger partial charge is 0.481 e. The van der Waals surface area contributed by atoms with Crippen LogP contribution in [0.4, 0.5) is 0 Å². The summed E-state index contributed by atoms with van der Waals surface area (Å²) in [6.45, 7) is 5.83. The summed E-state index contributed by atoms with van der Waals surface area (Å²) in [5.74, 6) is -1.54. The molecule has 106 valence electrons. The first-order valence-corrected chi connectivity index (χ1v) is 6.59. The van der Waals surface area contributed by atoms with Crippen LogP contribution in [0.5, 0.6) is 0 Å². The summed E-state index contributed by atoms with van der Waals surface area (Å²) in [6.07, 6.45) is 8.58. The zero-order valence-corrected chi connectivity index (χ0v) is 11.7. The fourth-order valence-corrected chi connectivity index (χ4v) is 1.30. The van der Waals surface area contributed by atoms with E-state index in [-0.39, 0.29) is 5.92 Å². The van der Waals surface area contributed by atoms with Gasteiger partial charge in [0.15, 0.2) is 0 Å². The second-order valence-corrected chi connectivity index (χ2v) is 4.04. The van der Waals surface area contributed by atoms with Crippen molar-refractivity contribution in [2.75, 3.05) is 0 Å². The molecule has 0 aromatic heterocycles. The molecular formula is C14H26O4. The third kappa shape index (κ3) is 14.7. The van der Waals surface area contributed by atoms with E-state index in [0.29, 0.717) is 6.42 Å². The number of hydrogen-bond acceptors (Lipinski definition) is 2. The summed E-state index contributed by atoms with van der Waals surface area (Å²) in [5.41, 5.74) is 0. The molecule has 4 heteroatoms. The number of carboxylic acids is 2. The molecule has 0 rings (SSSR count). The summed E-state index contributed by atoms with van der Waals surface area (Å²) in [4.78, 5) is 20.2. The normalized spacial score (nSPS) is 11.7. The van der Waals surface area contributed by atoms with Crippen LogP contribution in [-0.2, 0) is 9.59 Å². The van der Waals surface area contributed by atoms with Gasteiger partial charge in [-0.1, -0.05) is 32.9 Å². The molecule has 0 spiro atoms. The Balaban J connectivity index is 0. The predicted octanol–water partition coefficient (Wildman–Crippen LogP) is 3.71. The van der Waals surface area contributed by atoms with E-state index in [1.54, 1.807) is 0 Å². The lowest BCUT2D eigenvalue weighted by atomic mass is 10.0. The molecule has 0 fully saturated rings. The molecular weight excluding hydrogens is 232 g/mol. The Morgan fingerprint density at radius 1 is 1.11 bits per heavy atom. The van der Waals surface area contributed by atoms with Crippen LogP contribution in [0, 0.1) is 5.92 Å². The molecule has 0 bridgehead atoms. The zero-order valence-electron chi connectivity index (χ0n) is 11.7. The van der Waals surface area contributed by atoms with Crippen molar-refractivity contribution in [1.82, 2.24) is 0 Å². The molecule has 0 aliphatic carbocycles. The van der Waals surface area contributed by atoms with E-state index in [9.17, 15) is 9.59 Å². The molecule has 2 N–H and O–H groups in total. The minimum atomic E-state index is -0.711. The van der Waals surface area contributed by atoms with Crippen molar-refractivity contribution in [3.63, 3.8) is 0 Å². The summed E-state index contributed by atoms with van der Waals surface area (Å²) in [7, 11) is 0. The highest BCUT2D eigenvalue weighted by Gasteiger charge is 2.12. The van der Waals surface area contributed by atoms with Crippen molar-refractivity contribution in [2.45, 2.75) is 59.3 Å². The Kier molecular flexibility index (Phi) is 14.5. The van der Waals surface area contributed by atoms with Gasteiger partial charge in [-0.15, -0.1) is 0 Å². The summed E-state index contributed by atoms with van der Waals surface area (Å²) in [5, 5.41) is 16.6. The highest BCUT2D eigenvalue weighted by Crippen LogP contribution is 2.11. The van der Waals surface area contributed by atoms with Crippen molar-refractivity contribution in [3.8, 4) is 0 Å². The smallest absolute Gasteiger partial charge is 0.306 e. The predicted molar refractivity (Wildman–Crippen MR) is 72.6 cm³/mol. The molecule has 1 atom stereocenters. The number of hydrogen-bond donors (Lipinski definition) is 2. The Bertz CT molecular complexity index is 246. The van der Waals surface area contributed by atoms with E-state index in [1.165, 1.54) is 0 Å². The highest BCUT2D eigenvalue weighted by atomic mass is 16.4. The summed E-state index contributed by atoms with van der Waals surface area (Å²) in [6, 6.07) is 0. The van der Waals surface area contributed by atoms with Gasteiger partial charge in [-0.3, -0.25) is 9.59 Å². The topological polar surface area (TPSA) is 74.6 Å². The Hall–Kier alpha value is -1.32. The summed E-state index contributed by atoms with van der Waals surface area (Å²) < 4.78 is 0. The second kappa shape index (κ2) is 13.7. The lowest BCUT2D eigenvalue weighted by Crippen LogP contribution is -2.11. The quantitative estimate of drug-likeness (QED) is 0.651. The average Bonchev–Trinajstić information content (AvgIpc) is 2.29. The van der Waals surface area contributed by atoms with Gasteiger partial charge in [0.05, 0.1) is 5.92 Å². The third-order valence-electron chi connectivity index (χ3n) is 2.39. The average molecular weight is 258 g/mol. The molecule has 0 aliphatic rings. The first-order valence-electron chi connectivity index (χ1n) is 6.59. The van der Waals surface area contributed by atoms with E-state index in [4.69, 9.17) is 10.2 Å². The van der Waals surface area contributed by atoms with Gasteiger partial charge in [-0.25, -0.2) is 0 Å². The first kappa shape index (κ1) is 19.0. The molecule has 18 heavy (non-hydrogen) atoms. The van der Waals surface area contributed by atoms with Gasteiger partial charge in [0.2, 0.25) is 0 Å². The zero-order chi connectivity index (χ0) is 14.4. The molecule has 0 heterocycles. The van der Waals surface area contributed by atoms with Crippen molar-refractivity contribution in [1.29, 1.82) is 0 Å². The van der Waals surface area contributed by atoms with Gasteiger partial charge < -0.3 is 10.2 Å². The van der Waals surface area contributed by atoms with Crippen LogP contribution in [0.25, 0.3) is 0 Å². The molecule has 0 amide bonds. The minimum Gasteiger partial charge on any atom is -0.481 e. The second-order valence-electron chi connectivity index (χ2n) is 4.04. The maximum absolute atomic E-state index is 10.6. The molecule has 0 saturated heterocycles. The maximum atomic E-state index is 10.6. The SMILES string of the molecule is CC/C=C\CCC(CC)C(=O)O.CCCC(=O)O. The van der Waals surface area contributed by atoms with Crippen LogP contribution >= 0.6 is 0 Å². The molecule has 0 aromatic rings. The van der Waals surface area contributed by atoms with Gasteiger partial charge in [-0.2, -0.15) is 0 Å². The van der Waals surface area contributed by atoms with Gasteiger partial charge in [0.25, 0.3) is 0 Å². The van der Waals surface area contributed by atoms with Crippen molar-refractivity contribution < 1.29 is 19.8 Å². The maximum Gasteiger partial charge on any atom is 0.306 e. The fourth-order valence-electron chi connectivity index (χ4n) is 1.30. The van der Waals surface area contributed by atoms with Crippen LogP contribution in [-0.4, -0.2) is 22.2 Å². The van der Waals surface area contributed by atoms with Crippen LogP contribution in [0.2, 0.25) is 0 Å².